The van der Waals surface area contributed by atoms with Crippen LogP contribution in [0.5, 0.6) is 0 Å². The van der Waals surface area contributed by atoms with Gasteiger partial charge in [0.1, 0.15) is 7.85 Å². The lowest BCUT2D eigenvalue weighted by molar-refractivity contribution is 0.951. The van der Waals surface area contributed by atoms with Gasteiger partial charge in [0.15, 0.2) is 0 Å². The van der Waals surface area contributed by atoms with Crippen LogP contribution in [0.15, 0.2) is 37.0 Å². The van der Waals surface area contributed by atoms with Crippen molar-refractivity contribution in [2.75, 3.05) is 0 Å². The van der Waals surface area contributed by atoms with E-state index in [0.29, 0.717) is 0 Å². The van der Waals surface area contributed by atoms with Crippen molar-refractivity contribution in [2.24, 2.45) is 0 Å². The molecule has 0 spiro atoms. The average molecular weight is 134 g/mol. The molecule has 1 heteroatoms. The fourth-order valence-electron chi connectivity index (χ4n) is 0.572. The molecule has 1 atom stereocenters. The molecule has 0 aliphatic heterocycles. The van der Waals surface area contributed by atoms with Crippen LogP contribution in [0.1, 0.15) is 13.3 Å². The first-order valence-electron chi connectivity index (χ1n) is 3.71. The van der Waals surface area contributed by atoms with Crippen LogP contribution in [0.2, 0.25) is 5.82 Å². The zero-order chi connectivity index (χ0) is 7.82. The first kappa shape index (κ1) is 9.28. The Morgan fingerprint density at radius 3 is 2.60 bits per heavy atom. The highest BCUT2D eigenvalue weighted by Crippen LogP contribution is 2.02. The second-order valence-electron chi connectivity index (χ2n) is 2.68. The maximum atomic E-state index is 3.57. The van der Waals surface area contributed by atoms with Crippen LogP contribution < -0.4 is 0 Å². The number of rotatable bonds is 4. The minimum Gasteiger partial charge on any atom is -0.0991 e. The molecule has 0 bridgehead atoms. The highest BCUT2D eigenvalue weighted by Gasteiger charge is 1.85. The molecule has 54 valence electrons. The van der Waals surface area contributed by atoms with E-state index < -0.39 is 0 Å². The largest absolute Gasteiger partial charge is 0.105 e. The van der Waals surface area contributed by atoms with E-state index in [4.69, 9.17) is 0 Å². The third kappa shape index (κ3) is 7.28. The molecule has 0 aromatic heterocycles. The van der Waals surface area contributed by atoms with E-state index >= 15 is 0 Å². The van der Waals surface area contributed by atoms with Crippen molar-refractivity contribution in [1.29, 1.82) is 0 Å². The van der Waals surface area contributed by atoms with Crippen molar-refractivity contribution in [1.82, 2.24) is 0 Å². The topological polar surface area (TPSA) is 0 Å². The molecule has 0 saturated heterocycles. The molecule has 0 radical (unpaired) electrons. The lowest BCUT2D eigenvalue weighted by Gasteiger charge is -1.93. The summed E-state index contributed by atoms with van der Waals surface area (Å²) in [6.07, 6.45) is 11.1. The van der Waals surface area contributed by atoms with Gasteiger partial charge in [-0.2, -0.15) is 0 Å². The molecular formula is C9H15B. The Balaban J connectivity index is 3.37. The van der Waals surface area contributed by atoms with E-state index in [2.05, 4.69) is 33.5 Å². The summed E-state index contributed by atoms with van der Waals surface area (Å²) in [5.74, 6) is 0.758. The van der Waals surface area contributed by atoms with Crippen molar-refractivity contribution in [3.8, 4) is 0 Å². The van der Waals surface area contributed by atoms with Crippen LogP contribution >= 0.6 is 0 Å². The summed E-state index contributed by atoms with van der Waals surface area (Å²) >= 11 is 0. The van der Waals surface area contributed by atoms with E-state index in [1.807, 2.05) is 12.2 Å². The summed E-state index contributed by atoms with van der Waals surface area (Å²) in [6.45, 7) is 5.78. The smallest absolute Gasteiger partial charge is 0.0991 e. The van der Waals surface area contributed by atoms with Crippen LogP contribution in [-0.2, 0) is 0 Å². The van der Waals surface area contributed by atoms with Gasteiger partial charge in [-0.05, 0) is 6.42 Å². The molecule has 0 aliphatic carbocycles. The predicted octanol–water partition coefficient (Wildman–Crippen LogP) is 2.12. The molecule has 0 saturated carbocycles. The lowest BCUT2D eigenvalue weighted by Crippen LogP contribution is -1.79. The summed E-state index contributed by atoms with van der Waals surface area (Å²) in [4.78, 5) is 0. The Morgan fingerprint density at radius 2 is 2.10 bits per heavy atom. The number of allylic oxidation sites excluding steroid dienone is 5. The SMILES string of the molecule is B[C@H](C)C/C=C\C=C/C=C. The third-order valence-corrected chi connectivity index (χ3v) is 1.10. The lowest BCUT2D eigenvalue weighted by atomic mass is 9.87. The van der Waals surface area contributed by atoms with Gasteiger partial charge in [0.05, 0.1) is 0 Å². The van der Waals surface area contributed by atoms with Crippen molar-refractivity contribution in [3.63, 3.8) is 0 Å². The van der Waals surface area contributed by atoms with Crippen molar-refractivity contribution in [2.45, 2.75) is 19.2 Å². The molecule has 0 nitrogen and oxygen atoms in total. The van der Waals surface area contributed by atoms with Crippen molar-refractivity contribution < 1.29 is 0 Å². The van der Waals surface area contributed by atoms with Gasteiger partial charge >= 0.3 is 0 Å². The monoisotopic (exact) mass is 134 g/mol. The Morgan fingerprint density at radius 1 is 1.40 bits per heavy atom. The molecule has 0 rings (SSSR count). The Labute approximate surface area is 64.7 Å². The van der Waals surface area contributed by atoms with Crippen molar-refractivity contribution >= 4 is 7.85 Å². The van der Waals surface area contributed by atoms with E-state index in [1.54, 1.807) is 6.08 Å². The highest BCUT2D eigenvalue weighted by atomic mass is 13.8. The third-order valence-electron chi connectivity index (χ3n) is 1.10. The fraction of sp³-hybridized carbons (Fsp3) is 0.333. The van der Waals surface area contributed by atoms with Crippen LogP contribution in [0.4, 0.5) is 0 Å². The van der Waals surface area contributed by atoms with Gasteiger partial charge < -0.3 is 0 Å². The Kier molecular flexibility index (Phi) is 5.95. The molecule has 0 aromatic carbocycles. The van der Waals surface area contributed by atoms with Gasteiger partial charge in [0, 0.05) is 0 Å². The van der Waals surface area contributed by atoms with Gasteiger partial charge in [-0.15, -0.1) is 0 Å². The molecule has 0 fully saturated rings. The van der Waals surface area contributed by atoms with Gasteiger partial charge in [0.25, 0.3) is 0 Å². The van der Waals surface area contributed by atoms with Gasteiger partial charge in [-0.25, -0.2) is 0 Å². The number of hydrogen-bond donors (Lipinski definition) is 0. The maximum Gasteiger partial charge on any atom is 0.105 e. The number of hydrogen-bond acceptors (Lipinski definition) is 0. The molecule has 0 heterocycles. The van der Waals surface area contributed by atoms with Crippen molar-refractivity contribution in [3.05, 3.63) is 37.0 Å². The molecule has 0 unspecified atom stereocenters. The van der Waals surface area contributed by atoms with Gasteiger partial charge in [-0.1, -0.05) is 49.7 Å². The normalized spacial score (nSPS) is 14.5. The zero-order valence-corrected chi connectivity index (χ0v) is 6.88. The quantitative estimate of drug-likeness (QED) is 0.408. The highest BCUT2D eigenvalue weighted by molar-refractivity contribution is 6.11. The Hall–Kier alpha value is -0.715. The maximum absolute atomic E-state index is 3.57. The van der Waals surface area contributed by atoms with E-state index in [-0.39, 0.29) is 0 Å². The molecule has 0 amide bonds. The minimum absolute atomic E-state index is 0.758. The fourth-order valence-corrected chi connectivity index (χ4v) is 0.572. The second-order valence-corrected chi connectivity index (χ2v) is 2.68. The van der Waals surface area contributed by atoms with Gasteiger partial charge in [-0.3, -0.25) is 0 Å². The Bertz CT molecular complexity index is 132. The van der Waals surface area contributed by atoms with E-state index in [9.17, 15) is 0 Å². The summed E-state index contributed by atoms with van der Waals surface area (Å²) in [7, 11) is 2.21. The standard InChI is InChI=1S/C9H15B/c1-3-4-5-6-7-8-9(2)10/h3-7,9H,1,8,10H2,2H3/b5-4-,7-6-/t9-/m1/s1. The summed E-state index contributed by atoms with van der Waals surface area (Å²) in [5.41, 5.74) is 0. The first-order chi connectivity index (χ1) is 4.77. The first-order valence-corrected chi connectivity index (χ1v) is 3.71. The van der Waals surface area contributed by atoms with E-state index in [0.717, 1.165) is 12.2 Å². The molecule has 0 aromatic rings. The average Bonchev–Trinajstić information content (AvgIpc) is 1.87. The molecule has 0 aliphatic rings. The molecular weight excluding hydrogens is 119 g/mol. The summed E-state index contributed by atoms with van der Waals surface area (Å²) in [5, 5.41) is 0. The molecule has 0 N–H and O–H groups in total. The van der Waals surface area contributed by atoms with E-state index in [1.165, 1.54) is 0 Å². The van der Waals surface area contributed by atoms with Gasteiger partial charge in [0.2, 0.25) is 0 Å². The summed E-state index contributed by atoms with van der Waals surface area (Å²) < 4.78 is 0. The van der Waals surface area contributed by atoms with Crippen LogP contribution in [-0.4, -0.2) is 7.85 Å². The zero-order valence-electron chi connectivity index (χ0n) is 6.88. The van der Waals surface area contributed by atoms with Crippen LogP contribution in [0, 0.1) is 0 Å². The minimum atomic E-state index is 0.758. The van der Waals surface area contributed by atoms with Crippen LogP contribution in [0.3, 0.4) is 0 Å². The predicted molar refractivity (Wildman–Crippen MR) is 51.1 cm³/mol. The van der Waals surface area contributed by atoms with Crippen LogP contribution in [0.25, 0.3) is 0 Å². The molecule has 10 heavy (non-hydrogen) atoms. The second kappa shape index (κ2) is 6.41. The summed E-state index contributed by atoms with van der Waals surface area (Å²) in [6, 6.07) is 0.